The number of amides is 1. The van der Waals surface area contributed by atoms with E-state index in [4.69, 9.17) is 0 Å². The topological polar surface area (TPSA) is 54.5 Å². The molecule has 1 saturated heterocycles. The van der Waals surface area contributed by atoms with Crippen LogP contribution in [0.3, 0.4) is 0 Å². The van der Waals surface area contributed by atoms with E-state index in [-0.39, 0.29) is 16.2 Å². The molecule has 1 unspecified atom stereocenters. The van der Waals surface area contributed by atoms with Crippen LogP contribution >= 0.6 is 11.8 Å². The first-order valence-electron chi connectivity index (χ1n) is 7.88. The highest BCUT2D eigenvalue weighted by Gasteiger charge is 2.40. The molecule has 0 N–H and O–H groups in total. The van der Waals surface area contributed by atoms with Gasteiger partial charge in [0.05, 0.1) is 10.3 Å². The molecule has 1 aliphatic rings. The third-order valence-corrected chi connectivity index (χ3v) is 7.13. The standard InChI is InChI=1S/C18H19NO3S2/c1-2-23-18-13-12-17(20)19(18)24(21,22)16-10-8-15(9-11-16)14-6-4-3-5-7-14/h3-11,18H,2,12-13H2,1H3. The van der Waals surface area contributed by atoms with Gasteiger partial charge in [-0.15, -0.1) is 11.8 Å². The van der Waals surface area contributed by atoms with Crippen molar-refractivity contribution in [3.63, 3.8) is 0 Å². The Morgan fingerprint density at radius 2 is 1.67 bits per heavy atom. The van der Waals surface area contributed by atoms with Crippen LogP contribution in [0.1, 0.15) is 19.8 Å². The van der Waals surface area contributed by atoms with Crippen LogP contribution in [-0.2, 0) is 14.8 Å². The van der Waals surface area contributed by atoms with Crippen molar-refractivity contribution in [3.8, 4) is 11.1 Å². The first-order valence-corrected chi connectivity index (χ1v) is 10.4. The summed E-state index contributed by atoms with van der Waals surface area (Å²) >= 11 is 1.50. The molecule has 1 aliphatic heterocycles. The number of rotatable bonds is 5. The maximum atomic E-state index is 12.9. The molecule has 0 bridgehead atoms. The second-order valence-corrected chi connectivity index (χ2v) is 8.80. The molecule has 0 saturated carbocycles. The Hall–Kier alpha value is -1.79. The molecule has 3 rings (SSSR count). The predicted molar refractivity (Wildman–Crippen MR) is 97.1 cm³/mol. The molecule has 1 amide bonds. The smallest absolute Gasteiger partial charge is 0.267 e. The summed E-state index contributed by atoms with van der Waals surface area (Å²) in [4.78, 5) is 12.3. The molecule has 0 aromatic heterocycles. The van der Waals surface area contributed by atoms with Gasteiger partial charge in [-0.05, 0) is 35.4 Å². The maximum absolute atomic E-state index is 12.9. The van der Waals surface area contributed by atoms with E-state index in [9.17, 15) is 13.2 Å². The van der Waals surface area contributed by atoms with E-state index in [0.717, 1.165) is 21.2 Å². The van der Waals surface area contributed by atoms with Crippen molar-refractivity contribution in [2.75, 3.05) is 5.75 Å². The monoisotopic (exact) mass is 361 g/mol. The fourth-order valence-electron chi connectivity index (χ4n) is 2.83. The summed E-state index contributed by atoms with van der Waals surface area (Å²) in [5, 5.41) is -0.290. The Morgan fingerprint density at radius 1 is 1.04 bits per heavy atom. The van der Waals surface area contributed by atoms with Gasteiger partial charge in [0.15, 0.2) is 0 Å². The Morgan fingerprint density at radius 3 is 2.29 bits per heavy atom. The summed E-state index contributed by atoms with van der Waals surface area (Å²) in [6.07, 6.45) is 0.873. The summed E-state index contributed by atoms with van der Waals surface area (Å²) in [6.45, 7) is 1.97. The third-order valence-electron chi connectivity index (χ3n) is 3.99. The van der Waals surface area contributed by atoms with Crippen molar-refractivity contribution in [2.24, 2.45) is 0 Å². The summed E-state index contributed by atoms with van der Waals surface area (Å²) in [7, 11) is -3.80. The van der Waals surface area contributed by atoms with E-state index >= 15 is 0 Å². The zero-order valence-corrected chi connectivity index (χ0v) is 15.0. The molecular weight excluding hydrogens is 342 g/mol. The van der Waals surface area contributed by atoms with Crippen LogP contribution in [0, 0.1) is 0 Å². The number of hydrogen-bond donors (Lipinski definition) is 0. The van der Waals surface area contributed by atoms with Crippen LogP contribution < -0.4 is 0 Å². The number of thioether (sulfide) groups is 1. The fraction of sp³-hybridized carbons (Fsp3) is 0.278. The highest BCUT2D eigenvalue weighted by molar-refractivity contribution is 8.00. The molecule has 4 nitrogen and oxygen atoms in total. The Kier molecular flexibility index (Phi) is 4.96. The zero-order chi connectivity index (χ0) is 17.2. The number of carbonyl (C=O) groups is 1. The second-order valence-electron chi connectivity index (χ2n) is 5.53. The lowest BCUT2D eigenvalue weighted by atomic mass is 10.1. The van der Waals surface area contributed by atoms with Gasteiger partial charge >= 0.3 is 0 Å². The first kappa shape index (κ1) is 17.0. The number of sulfonamides is 1. The van der Waals surface area contributed by atoms with Crippen LogP contribution in [0.4, 0.5) is 0 Å². The van der Waals surface area contributed by atoms with Crippen LogP contribution in [-0.4, -0.2) is 29.8 Å². The summed E-state index contributed by atoms with van der Waals surface area (Å²) in [5.74, 6) is 0.463. The number of hydrogen-bond acceptors (Lipinski definition) is 4. The molecule has 0 spiro atoms. The lowest BCUT2D eigenvalue weighted by Crippen LogP contribution is -2.37. The van der Waals surface area contributed by atoms with E-state index in [1.165, 1.54) is 11.8 Å². The number of nitrogens with zero attached hydrogens (tertiary/aromatic N) is 1. The minimum atomic E-state index is -3.80. The van der Waals surface area contributed by atoms with Gasteiger partial charge < -0.3 is 0 Å². The lowest BCUT2D eigenvalue weighted by Gasteiger charge is -2.23. The van der Waals surface area contributed by atoms with E-state index in [1.54, 1.807) is 24.3 Å². The average Bonchev–Trinajstić information content (AvgIpc) is 2.97. The summed E-state index contributed by atoms with van der Waals surface area (Å²) in [5.41, 5.74) is 1.97. The van der Waals surface area contributed by atoms with E-state index in [0.29, 0.717) is 12.8 Å². The van der Waals surface area contributed by atoms with Crippen molar-refractivity contribution in [2.45, 2.75) is 30.0 Å². The van der Waals surface area contributed by atoms with Crippen molar-refractivity contribution >= 4 is 27.7 Å². The quantitative estimate of drug-likeness (QED) is 0.814. The second kappa shape index (κ2) is 6.99. The molecular formula is C18H19NO3S2. The molecule has 24 heavy (non-hydrogen) atoms. The Balaban J connectivity index is 1.91. The maximum Gasteiger partial charge on any atom is 0.267 e. The van der Waals surface area contributed by atoms with Gasteiger partial charge in [-0.3, -0.25) is 4.79 Å². The largest absolute Gasteiger partial charge is 0.274 e. The third kappa shape index (κ3) is 3.21. The van der Waals surface area contributed by atoms with Crippen LogP contribution in [0.2, 0.25) is 0 Å². The first-order chi connectivity index (χ1) is 11.5. The van der Waals surface area contributed by atoms with Crippen molar-refractivity contribution in [1.82, 2.24) is 4.31 Å². The number of benzene rings is 2. The molecule has 1 fully saturated rings. The highest BCUT2D eigenvalue weighted by Crippen LogP contribution is 2.33. The molecule has 126 valence electrons. The van der Waals surface area contributed by atoms with Crippen molar-refractivity contribution < 1.29 is 13.2 Å². The Bertz CT molecular complexity index is 817. The normalized spacial score (nSPS) is 18.1. The van der Waals surface area contributed by atoms with Gasteiger partial charge in [-0.2, -0.15) is 0 Å². The van der Waals surface area contributed by atoms with Gasteiger partial charge in [-0.1, -0.05) is 49.4 Å². The van der Waals surface area contributed by atoms with Crippen LogP contribution in [0.5, 0.6) is 0 Å². The Labute approximate surface area is 146 Å². The van der Waals surface area contributed by atoms with Crippen LogP contribution in [0.25, 0.3) is 11.1 Å². The minimum absolute atomic E-state index is 0.166. The molecule has 1 atom stereocenters. The molecule has 2 aromatic carbocycles. The molecule has 2 aromatic rings. The molecule has 6 heteroatoms. The fourth-order valence-corrected chi connectivity index (χ4v) is 5.76. The SMILES string of the molecule is CCSC1CCC(=O)N1S(=O)(=O)c1ccc(-c2ccccc2)cc1. The molecule has 0 radical (unpaired) electrons. The van der Waals surface area contributed by atoms with Crippen molar-refractivity contribution in [1.29, 1.82) is 0 Å². The van der Waals surface area contributed by atoms with Gasteiger partial charge in [0.25, 0.3) is 10.0 Å². The van der Waals surface area contributed by atoms with Crippen molar-refractivity contribution in [3.05, 3.63) is 54.6 Å². The van der Waals surface area contributed by atoms with E-state index < -0.39 is 10.0 Å². The lowest BCUT2D eigenvalue weighted by molar-refractivity contribution is -0.123. The van der Waals surface area contributed by atoms with Gasteiger partial charge in [-0.25, -0.2) is 12.7 Å². The molecule has 0 aliphatic carbocycles. The van der Waals surface area contributed by atoms with Gasteiger partial charge in [0.1, 0.15) is 0 Å². The van der Waals surface area contributed by atoms with Gasteiger partial charge in [0.2, 0.25) is 5.91 Å². The zero-order valence-electron chi connectivity index (χ0n) is 13.4. The van der Waals surface area contributed by atoms with E-state index in [1.807, 2.05) is 37.3 Å². The minimum Gasteiger partial charge on any atom is -0.274 e. The summed E-state index contributed by atoms with van der Waals surface area (Å²) < 4.78 is 26.8. The van der Waals surface area contributed by atoms with Crippen LogP contribution in [0.15, 0.2) is 59.5 Å². The average molecular weight is 361 g/mol. The number of carbonyl (C=O) groups excluding carboxylic acids is 1. The predicted octanol–water partition coefficient (Wildman–Crippen LogP) is 3.74. The molecule has 1 heterocycles. The van der Waals surface area contributed by atoms with E-state index in [2.05, 4.69) is 0 Å². The summed E-state index contributed by atoms with van der Waals surface area (Å²) in [6, 6.07) is 16.5. The highest BCUT2D eigenvalue weighted by atomic mass is 32.2. The van der Waals surface area contributed by atoms with Gasteiger partial charge in [0, 0.05) is 6.42 Å².